The van der Waals surface area contributed by atoms with E-state index < -0.39 is 42.4 Å². The number of nitrogens with zero attached hydrogens (tertiary/aromatic N) is 1. The predicted octanol–water partition coefficient (Wildman–Crippen LogP) is 2.11. The standard InChI is InChI=1S/C25H32N4O6/c1-4-15(5-2)24(33)34-20-18(13-30)35-25(3,21(20)31)19-12-11-17(28-19)22(27-14-26)29-23(32)16-9-7-6-8-10-16/h6-12,14-15,18,20-21,28,30-31H,4-5,13H2,1-3H3,(H2,26,27,29,32)/t18-,20-,21-,25+/m1/s1. The van der Waals surface area contributed by atoms with Crippen LogP contribution in [0.3, 0.4) is 0 Å². The van der Waals surface area contributed by atoms with Gasteiger partial charge in [-0.05, 0) is 44.0 Å². The van der Waals surface area contributed by atoms with Crippen LogP contribution in [0.4, 0.5) is 0 Å². The summed E-state index contributed by atoms with van der Waals surface area (Å²) in [6.07, 6.45) is -1.25. The number of hydrogen-bond donors (Lipinski definition) is 5. The first-order valence-corrected chi connectivity index (χ1v) is 11.6. The summed E-state index contributed by atoms with van der Waals surface area (Å²) in [5, 5.41) is 31.0. The average molecular weight is 485 g/mol. The number of rotatable bonds is 9. The molecule has 2 aromatic rings. The molecule has 1 aliphatic rings. The van der Waals surface area contributed by atoms with E-state index in [1.807, 2.05) is 13.8 Å². The van der Waals surface area contributed by atoms with Crippen LogP contribution < -0.4 is 5.32 Å². The Kier molecular flexibility index (Phi) is 8.55. The molecule has 1 fully saturated rings. The number of amidine groups is 1. The van der Waals surface area contributed by atoms with Crippen molar-refractivity contribution in [3.8, 4) is 0 Å². The maximum Gasteiger partial charge on any atom is 0.309 e. The molecule has 1 aliphatic heterocycles. The molecule has 1 saturated heterocycles. The van der Waals surface area contributed by atoms with Crippen LogP contribution in [0, 0.1) is 11.3 Å². The molecule has 0 spiro atoms. The van der Waals surface area contributed by atoms with E-state index in [0.29, 0.717) is 29.8 Å². The number of aliphatic imine (C=N–C) groups is 1. The van der Waals surface area contributed by atoms with Gasteiger partial charge in [0.1, 0.15) is 24.1 Å². The zero-order valence-electron chi connectivity index (χ0n) is 20.0. The van der Waals surface area contributed by atoms with Gasteiger partial charge in [0.2, 0.25) is 0 Å². The first-order valence-electron chi connectivity index (χ1n) is 11.6. The van der Waals surface area contributed by atoms with Crippen LogP contribution in [0.2, 0.25) is 0 Å². The summed E-state index contributed by atoms with van der Waals surface area (Å²) < 4.78 is 11.6. The molecule has 0 aliphatic carbocycles. The zero-order chi connectivity index (χ0) is 25.6. The van der Waals surface area contributed by atoms with Crippen molar-refractivity contribution in [2.45, 2.75) is 57.5 Å². The number of carbonyl (C=O) groups excluding carboxylic acids is 2. The summed E-state index contributed by atoms with van der Waals surface area (Å²) >= 11 is 0. The Morgan fingerprint density at radius 1 is 1.26 bits per heavy atom. The van der Waals surface area contributed by atoms with Crippen LogP contribution >= 0.6 is 0 Å². The summed E-state index contributed by atoms with van der Waals surface area (Å²) in [7, 11) is 0. The first kappa shape index (κ1) is 26.3. The van der Waals surface area contributed by atoms with Gasteiger partial charge in [0.05, 0.1) is 23.9 Å². The Labute approximate surface area is 203 Å². The van der Waals surface area contributed by atoms with Gasteiger partial charge in [0, 0.05) is 5.56 Å². The molecule has 1 aromatic carbocycles. The number of hydrogen-bond acceptors (Lipinski definition) is 7. The quantitative estimate of drug-likeness (QED) is 0.208. The first-order chi connectivity index (χ1) is 16.8. The fourth-order valence-corrected chi connectivity index (χ4v) is 4.15. The van der Waals surface area contributed by atoms with Crippen LogP contribution in [-0.2, 0) is 19.9 Å². The molecule has 35 heavy (non-hydrogen) atoms. The van der Waals surface area contributed by atoms with Gasteiger partial charge >= 0.3 is 5.97 Å². The number of H-pyrrole nitrogens is 1. The van der Waals surface area contributed by atoms with E-state index in [9.17, 15) is 19.8 Å². The van der Waals surface area contributed by atoms with Crippen molar-refractivity contribution in [1.82, 2.24) is 10.3 Å². The van der Waals surface area contributed by atoms with Crippen molar-refractivity contribution in [2.75, 3.05) is 6.61 Å². The van der Waals surface area contributed by atoms with Gasteiger partial charge in [0.15, 0.2) is 11.9 Å². The molecule has 0 unspecified atom stereocenters. The lowest BCUT2D eigenvalue weighted by molar-refractivity contribution is -0.161. The third-order valence-corrected chi connectivity index (χ3v) is 6.33. The lowest BCUT2D eigenvalue weighted by atomic mass is 9.93. The van der Waals surface area contributed by atoms with Crippen LogP contribution in [0.1, 0.15) is 55.4 Å². The maximum absolute atomic E-state index is 12.6. The number of carbonyl (C=O) groups is 2. The third-order valence-electron chi connectivity index (χ3n) is 6.33. The minimum Gasteiger partial charge on any atom is -0.456 e. The predicted molar refractivity (Wildman–Crippen MR) is 129 cm³/mol. The minimum atomic E-state index is -1.34. The summed E-state index contributed by atoms with van der Waals surface area (Å²) in [4.78, 5) is 32.2. The van der Waals surface area contributed by atoms with Gasteiger partial charge in [-0.1, -0.05) is 32.0 Å². The molecule has 5 N–H and O–H groups in total. The Morgan fingerprint density at radius 2 is 1.94 bits per heavy atom. The molecule has 0 bridgehead atoms. The fourth-order valence-electron chi connectivity index (χ4n) is 4.15. The number of ether oxygens (including phenoxy) is 2. The molecule has 0 radical (unpaired) electrons. The molecule has 1 amide bonds. The van der Waals surface area contributed by atoms with Gasteiger partial charge < -0.3 is 30.0 Å². The van der Waals surface area contributed by atoms with Crippen molar-refractivity contribution in [3.05, 3.63) is 59.4 Å². The van der Waals surface area contributed by atoms with Gasteiger partial charge in [-0.2, -0.15) is 0 Å². The van der Waals surface area contributed by atoms with Gasteiger partial charge in [-0.15, -0.1) is 0 Å². The lowest BCUT2D eigenvalue weighted by Crippen LogP contribution is -2.42. The highest BCUT2D eigenvalue weighted by molar-refractivity contribution is 6.13. The van der Waals surface area contributed by atoms with E-state index in [4.69, 9.17) is 14.9 Å². The van der Waals surface area contributed by atoms with Crippen molar-refractivity contribution >= 4 is 24.1 Å². The number of aromatic amines is 1. The Hall–Kier alpha value is -3.34. The molecule has 4 atom stereocenters. The van der Waals surface area contributed by atoms with E-state index in [2.05, 4.69) is 15.3 Å². The molecular formula is C25H32N4O6. The molecule has 0 saturated carbocycles. The highest BCUT2D eigenvalue weighted by atomic mass is 16.6. The van der Waals surface area contributed by atoms with E-state index in [0.717, 1.165) is 6.34 Å². The molecule has 3 rings (SSSR count). The Morgan fingerprint density at radius 3 is 2.54 bits per heavy atom. The van der Waals surface area contributed by atoms with Crippen LogP contribution in [0.15, 0.2) is 47.5 Å². The number of esters is 1. The molecule has 188 valence electrons. The monoisotopic (exact) mass is 484 g/mol. The fraction of sp³-hybridized carbons (Fsp3) is 0.440. The van der Waals surface area contributed by atoms with Crippen molar-refractivity contribution in [3.63, 3.8) is 0 Å². The second kappa shape index (κ2) is 11.4. The molecule has 2 heterocycles. The number of aromatic nitrogens is 1. The zero-order valence-corrected chi connectivity index (χ0v) is 20.0. The molecule has 10 nitrogen and oxygen atoms in total. The highest BCUT2D eigenvalue weighted by Crippen LogP contribution is 2.40. The maximum atomic E-state index is 12.6. The van der Waals surface area contributed by atoms with Crippen LogP contribution in [-0.4, -0.2) is 64.2 Å². The van der Waals surface area contributed by atoms with Crippen molar-refractivity contribution < 1.29 is 29.3 Å². The average Bonchev–Trinajstić information content (AvgIpc) is 3.45. The lowest BCUT2D eigenvalue weighted by Gasteiger charge is -2.27. The summed E-state index contributed by atoms with van der Waals surface area (Å²) in [6.45, 7) is 4.94. The molecule has 1 aromatic heterocycles. The number of nitrogens with one attached hydrogen (secondary N) is 3. The van der Waals surface area contributed by atoms with Crippen molar-refractivity contribution in [2.24, 2.45) is 10.9 Å². The minimum absolute atomic E-state index is 0.103. The SMILES string of the molecule is CCC(CC)C(=O)O[C@H]1[C@@H](O)[C@](C)(c2ccc(C(=NC=N)NC(=O)c3ccccc3)[nH]2)O[C@@H]1CO. The van der Waals surface area contributed by atoms with E-state index in [1.54, 1.807) is 49.4 Å². The van der Waals surface area contributed by atoms with Crippen molar-refractivity contribution in [1.29, 1.82) is 5.41 Å². The molecular weight excluding hydrogens is 452 g/mol. The largest absolute Gasteiger partial charge is 0.456 e. The van der Waals surface area contributed by atoms with E-state index in [1.165, 1.54) is 0 Å². The number of amides is 1. The second-order valence-electron chi connectivity index (χ2n) is 8.52. The summed E-state index contributed by atoms with van der Waals surface area (Å²) in [5.41, 5.74) is -0.121. The number of aliphatic hydroxyl groups excluding tert-OH is 2. The van der Waals surface area contributed by atoms with E-state index >= 15 is 0 Å². The normalized spacial score (nSPS) is 24.4. The Balaban J connectivity index is 1.83. The number of benzene rings is 1. The summed E-state index contributed by atoms with van der Waals surface area (Å²) in [6, 6.07) is 11.8. The smallest absolute Gasteiger partial charge is 0.309 e. The third kappa shape index (κ3) is 5.50. The van der Waals surface area contributed by atoms with Crippen LogP contribution in [0.25, 0.3) is 0 Å². The van der Waals surface area contributed by atoms with E-state index in [-0.39, 0.29) is 11.8 Å². The van der Waals surface area contributed by atoms with Gasteiger partial charge in [-0.25, -0.2) is 4.99 Å². The van der Waals surface area contributed by atoms with Crippen LogP contribution in [0.5, 0.6) is 0 Å². The number of aliphatic hydroxyl groups is 2. The topological polar surface area (TPSA) is 157 Å². The Bertz CT molecular complexity index is 1060. The second-order valence-corrected chi connectivity index (χ2v) is 8.52. The van der Waals surface area contributed by atoms with Gasteiger partial charge in [0.25, 0.3) is 5.91 Å². The summed E-state index contributed by atoms with van der Waals surface area (Å²) in [5.74, 6) is -1.05. The van der Waals surface area contributed by atoms with Gasteiger partial charge in [-0.3, -0.25) is 15.0 Å². The highest BCUT2D eigenvalue weighted by Gasteiger charge is 2.55. The molecule has 10 heteroatoms.